The maximum absolute atomic E-state index is 12.2. The molecule has 2 heteroatoms. The van der Waals surface area contributed by atoms with Crippen LogP contribution in [0.1, 0.15) is 58.3 Å². The van der Waals surface area contributed by atoms with Gasteiger partial charge in [0.1, 0.15) is 5.60 Å². The summed E-state index contributed by atoms with van der Waals surface area (Å²) in [7, 11) is 0. The van der Waals surface area contributed by atoms with E-state index < -0.39 is 0 Å². The molecule has 0 amide bonds. The lowest BCUT2D eigenvalue weighted by molar-refractivity contribution is -0.143. The lowest BCUT2D eigenvalue weighted by Gasteiger charge is -2.27. The molecule has 0 aromatic carbocycles. The Balaban J connectivity index is 1.87. The lowest BCUT2D eigenvalue weighted by Crippen LogP contribution is -2.38. The van der Waals surface area contributed by atoms with Gasteiger partial charge in [-0.1, -0.05) is 12.8 Å². The molecule has 2 aliphatic rings. The maximum Gasteiger partial charge on any atom is 0.164 e. The summed E-state index contributed by atoms with van der Waals surface area (Å²) < 4.78 is 5.76. The SMILES string of the molecule is CCOC1(C(=O)CCC2CC2)CCCC1. The van der Waals surface area contributed by atoms with E-state index in [1.54, 1.807) is 0 Å². The summed E-state index contributed by atoms with van der Waals surface area (Å²) in [6.45, 7) is 2.67. The van der Waals surface area contributed by atoms with E-state index >= 15 is 0 Å². The Morgan fingerprint density at radius 2 is 2.00 bits per heavy atom. The van der Waals surface area contributed by atoms with Crippen molar-refractivity contribution in [1.82, 2.24) is 0 Å². The average Bonchev–Trinajstić information content (AvgIpc) is 2.94. The molecule has 0 aliphatic heterocycles. The second kappa shape index (κ2) is 4.65. The van der Waals surface area contributed by atoms with E-state index in [0.29, 0.717) is 12.4 Å². The van der Waals surface area contributed by atoms with E-state index in [2.05, 4.69) is 0 Å². The number of Topliss-reactive ketones (excluding diaryl/α,β-unsaturated/α-hetero) is 1. The van der Waals surface area contributed by atoms with E-state index in [1.807, 2.05) is 6.92 Å². The fourth-order valence-electron chi connectivity index (χ4n) is 2.70. The minimum absolute atomic E-state index is 0.371. The molecule has 0 spiro atoms. The molecule has 2 saturated carbocycles. The zero-order valence-corrected chi connectivity index (χ0v) is 9.76. The summed E-state index contributed by atoms with van der Waals surface area (Å²) in [4.78, 5) is 12.2. The van der Waals surface area contributed by atoms with Gasteiger partial charge < -0.3 is 4.74 Å². The molecule has 2 fully saturated rings. The number of ether oxygens (including phenoxy) is 1. The molecule has 15 heavy (non-hydrogen) atoms. The van der Waals surface area contributed by atoms with Gasteiger partial charge in [-0.25, -0.2) is 0 Å². The van der Waals surface area contributed by atoms with Gasteiger partial charge in [-0.2, -0.15) is 0 Å². The minimum atomic E-state index is -0.371. The van der Waals surface area contributed by atoms with Crippen LogP contribution in [0.15, 0.2) is 0 Å². The quantitative estimate of drug-likeness (QED) is 0.673. The second-order valence-electron chi connectivity index (χ2n) is 5.04. The third kappa shape index (κ3) is 2.60. The van der Waals surface area contributed by atoms with Crippen LogP contribution in [-0.2, 0) is 9.53 Å². The topological polar surface area (TPSA) is 26.3 Å². The number of carbonyl (C=O) groups is 1. The minimum Gasteiger partial charge on any atom is -0.368 e. The third-order valence-corrected chi connectivity index (χ3v) is 3.82. The second-order valence-corrected chi connectivity index (χ2v) is 5.04. The molecule has 0 unspecified atom stereocenters. The molecule has 2 nitrogen and oxygen atoms in total. The van der Waals surface area contributed by atoms with Gasteiger partial charge in [0.25, 0.3) is 0 Å². The van der Waals surface area contributed by atoms with E-state index in [9.17, 15) is 4.79 Å². The highest BCUT2D eigenvalue weighted by Crippen LogP contribution is 2.38. The monoisotopic (exact) mass is 210 g/mol. The smallest absolute Gasteiger partial charge is 0.164 e. The molecule has 0 N–H and O–H groups in total. The van der Waals surface area contributed by atoms with Crippen molar-refractivity contribution in [3.05, 3.63) is 0 Å². The molecule has 2 rings (SSSR count). The first-order valence-electron chi connectivity index (χ1n) is 6.44. The van der Waals surface area contributed by atoms with E-state index in [1.165, 1.54) is 12.8 Å². The first-order valence-corrected chi connectivity index (χ1v) is 6.44. The van der Waals surface area contributed by atoms with Crippen molar-refractivity contribution in [2.24, 2.45) is 5.92 Å². The Kier molecular flexibility index (Phi) is 3.45. The molecule has 86 valence electrons. The van der Waals surface area contributed by atoms with Crippen LogP contribution >= 0.6 is 0 Å². The highest BCUT2D eigenvalue weighted by Gasteiger charge is 2.41. The van der Waals surface area contributed by atoms with Crippen LogP contribution in [0.25, 0.3) is 0 Å². The largest absolute Gasteiger partial charge is 0.368 e. The number of ketones is 1. The number of carbonyl (C=O) groups excluding carboxylic acids is 1. The van der Waals surface area contributed by atoms with Gasteiger partial charge in [-0.15, -0.1) is 0 Å². The summed E-state index contributed by atoms with van der Waals surface area (Å²) >= 11 is 0. The van der Waals surface area contributed by atoms with Crippen molar-refractivity contribution in [2.75, 3.05) is 6.61 Å². The van der Waals surface area contributed by atoms with Gasteiger partial charge in [-0.3, -0.25) is 4.79 Å². The van der Waals surface area contributed by atoms with Gasteiger partial charge >= 0.3 is 0 Å². The van der Waals surface area contributed by atoms with Crippen LogP contribution in [0.4, 0.5) is 0 Å². The van der Waals surface area contributed by atoms with Crippen molar-refractivity contribution in [3.8, 4) is 0 Å². The van der Waals surface area contributed by atoms with Crippen molar-refractivity contribution in [3.63, 3.8) is 0 Å². The maximum atomic E-state index is 12.2. The normalized spacial score (nSPS) is 24.3. The van der Waals surface area contributed by atoms with Crippen LogP contribution in [-0.4, -0.2) is 18.0 Å². The Morgan fingerprint density at radius 1 is 1.33 bits per heavy atom. The zero-order valence-electron chi connectivity index (χ0n) is 9.76. The first-order chi connectivity index (χ1) is 7.27. The van der Waals surface area contributed by atoms with Crippen LogP contribution < -0.4 is 0 Å². The van der Waals surface area contributed by atoms with Crippen LogP contribution in [0, 0.1) is 5.92 Å². The van der Waals surface area contributed by atoms with Crippen LogP contribution in [0.5, 0.6) is 0 Å². The van der Waals surface area contributed by atoms with Crippen LogP contribution in [0.3, 0.4) is 0 Å². The molecular formula is C13H22O2. The Labute approximate surface area is 92.4 Å². The van der Waals surface area contributed by atoms with Crippen molar-refractivity contribution >= 4 is 5.78 Å². The predicted octanol–water partition coefficient (Wildman–Crippen LogP) is 3.10. The van der Waals surface area contributed by atoms with Gasteiger partial charge in [-0.05, 0) is 44.9 Å². The molecule has 0 aromatic heterocycles. The Bertz CT molecular complexity index is 225. The molecule has 0 heterocycles. The van der Waals surface area contributed by atoms with E-state index in [0.717, 1.165) is 44.4 Å². The fourth-order valence-corrected chi connectivity index (χ4v) is 2.70. The first kappa shape index (κ1) is 11.1. The van der Waals surface area contributed by atoms with Gasteiger partial charge in [0.15, 0.2) is 5.78 Å². The summed E-state index contributed by atoms with van der Waals surface area (Å²) in [5.41, 5.74) is -0.371. The van der Waals surface area contributed by atoms with Crippen molar-refractivity contribution < 1.29 is 9.53 Å². The highest BCUT2D eigenvalue weighted by atomic mass is 16.5. The Morgan fingerprint density at radius 3 is 2.53 bits per heavy atom. The molecule has 0 bridgehead atoms. The summed E-state index contributed by atoms with van der Waals surface area (Å²) in [6.07, 6.45) is 8.79. The molecule has 0 atom stereocenters. The molecular weight excluding hydrogens is 188 g/mol. The standard InChI is InChI=1S/C13H22O2/c1-2-15-13(9-3-4-10-13)12(14)8-7-11-5-6-11/h11H,2-10H2,1H3. The fraction of sp³-hybridized carbons (Fsp3) is 0.923. The number of rotatable bonds is 6. The summed E-state index contributed by atoms with van der Waals surface area (Å²) in [5, 5.41) is 0. The molecule has 0 aromatic rings. The number of hydrogen-bond acceptors (Lipinski definition) is 2. The van der Waals surface area contributed by atoms with Gasteiger partial charge in [0, 0.05) is 13.0 Å². The summed E-state index contributed by atoms with van der Waals surface area (Å²) in [5.74, 6) is 1.24. The molecule has 0 saturated heterocycles. The molecule has 2 aliphatic carbocycles. The highest BCUT2D eigenvalue weighted by molar-refractivity contribution is 5.87. The van der Waals surface area contributed by atoms with Crippen molar-refractivity contribution in [1.29, 1.82) is 0 Å². The lowest BCUT2D eigenvalue weighted by atomic mass is 9.92. The molecule has 0 radical (unpaired) electrons. The third-order valence-electron chi connectivity index (χ3n) is 3.82. The van der Waals surface area contributed by atoms with Crippen LogP contribution in [0.2, 0.25) is 0 Å². The average molecular weight is 210 g/mol. The summed E-state index contributed by atoms with van der Waals surface area (Å²) in [6, 6.07) is 0. The zero-order chi connectivity index (χ0) is 10.7. The van der Waals surface area contributed by atoms with Gasteiger partial charge in [0.2, 0.25) is 0 Å². The van der Waals surface area contributed by atoms with E-state index in [4.69, 9.17) is 4.74 Å². The Hall–Kier alpha value is -0.370. The predicted molar refractivity (Wildman–Crippen MR) is 59.8 cm³/mol. The number of hydrogen-bond donors (Lipinski definition) is 0. The van der Waals surface area contributed by atoms with E-state index in [-0.39, 0.29) is 5.60 Å². The van der Waals surface area contributed by atoms with Crippen molar-refractivity contribution in [2.45, 2.75) is 63.9 Å². The van der Waals surface area contributed by atoms with Gasteiger partial charge in [0.05, 0.1) is 0 Å².